The number of primary amides is 1. The van der Waals surface area contributed by atoms with Gasteiger partial charge < -0.3 is 15.8 Å². The Morgan fingerprint density at radius 1 is 0.511 bits per heavy atom. The maximum Gasteiger partial charge on any atom is 0.217 e. The second-order valence-electron chi connectivity index (χ2n) is 12.4. The Balaban J connectivity index is -0.000000639. The Kier molecular flexibility index (Phi) is 52.2. The van der Waals surface area contributed by atoms with E-state index in [2.05, 4.69) is 62.5 Å². The zero-order chi connectivity index (χ0) is 33.7. The first-order chi connectivity index (χ1) is 22.1. The fourth-order valence-electron chi connectivity index (χ4n) is 4.89. The van der Waals surface area contributed by atoms with Crippen LogP contribution in [0.1, 0.15) is 201 Å². The monoisotopic (exact) mass is 633 g/mol. The summed E-state index contributed by atoms with van der Waals surface area (Å²) < 4.78 is 0. The fourth-order valence-corrected chi connectivity index (χ4v) is 4.89. The lowest BCUT2D eigenvalue weighted by atomic mass is 10.0. The zero-order valence-corrected chi connectivity index (χ0v) is 30.9. The average molecular weight is 633 g/mol. The predicted molar refractivity (Wildman–Crippen MR) is 203 cm³/mol. The molecular formula is C41H80N2O2. The average Bonchev–Trinajstić information content (AvgIpc) is 3.04. The minimum absolute atomic E-state index is 0.175. The lowest BCUT2D eigenvalue weighted by Crippen LogP contribution is -2.09. The van der Waals surface area contributed by atoms with E-state index in [0.29, 0.717) is 6.42 Å². The summed E-state index contributed by atoms with van der Waals surface area (Å²) in [5.41, 5.74) is 5.09. The van der Waals surface area contributed by atoms with E-state index in [1.54, 1.807) is 0 Å². The number of allylic oxidation sites excluding steroid dienone is 6. The lowest BCUT2D eigenvalue weighted by Gasteiger charge is -2.02. The molecule has 0 unspecified atom stereocenters. The molecule has 0 aromatic rings. The largest absolute Gasteiger partial charge is 0.370 e. The number of carbonyl (C=O) groups is 2. The van der Waals surface area contributed by atoms with Crippen LogP contribution >= 0.6 is 0 Å². The fraction of sp³-hybridized carbons (Fsp3) is 0.805. The minimum atomic E-state index is -0.175. The molecular weight excluding hydrogens is 552 g/mol. The van der Waals surface area contributed by atoms with Crippen molar-refractivity contribution < 1.29 is 9.59 Å². The molecule has 0 aliphatic rings. The zero-order valence-electron chi connectivity index (χ0n) is 30.9. The first kappa shape index (κ1) is 47.7. The van der Waals surface area contributed by atoms with Gasteiger partial charge in [-0.05, 0) is 65.0 Å². The molecule has 45 heavy (non-hydrogen) atoms. The van der Waals surface area contributed by atoms with Crippen LogP contribution in [0.3, 0.4) is 0 Å². The second-order valence-corrected chi connectivity index (χ2v) is 12.4. The minimum Gasteiger partial charge on any atom is -0.370 e. The van der Waals surface area contributed by atoms with Crippen LogP contribution in [0.2, 0.25) is 0 Å². The molecule has 4 heteroatoms. The summed E-state index contributed by atoms with van der Waals surface area (Å²) in [6.07, 6.45) is 49.1. The Labute approximate surface area is 282 Å². The number of hydrogen-bond acceptors (Lipinski definition) is 3. The highest BCUT2D eigenvalue weighted by Gasteiger charge is 1.95. The molecule has 4 nitrogen and oxygen atoms in total. The lowest BCUT2D eigenvalue weighted by molar-refractivity contribution is -0.118. The summed E-state index contributed by atoms with van der Waals surface area (Å²) in [6.45, 7) is 7.84. The predicted octanol–water partition coefficient (Wildman–Crippen LogP) is 12.5. The van der Waals surface area contributed by atoms with Gasteiger partial charge in [0.05, 0.1) is 0 Å². The van der Waals surface area contributed by atoms with Gasteiger partial charge in [0.2, 0.25) is 5.91 Å². The molecule has 0 heterocycles. The number of hydrogen-bond donors (Lipinski definition) is 2. The number of amides is 1. The highest BCUT2D eigenvalue weighted by atomic mass is 16.1. The van der Waals surface area contributed by atoms with Gasteiger partial charge in [0.1, 0.15) is 6.29 Å². The molecule has 0 aromatic carbocycles. The summed E-state index contributed by atoms with van der Waals surface area (Å²) >= 11 is 0. The maximum absolute atomic E-state index is 10.5. The third kappa shape index (κ3) is 58.4. The number of nitrogens with two attached hydrogens (primary N) is 1. The van der Waals surface area contributed by atoms with Crippen LogP contribution in [0.25, 0.3) is 0 Å². The number of unbranched alkanes of at least 4 members (excludes halogenated alkanes) is 21. The molecule has 0 saturated heterocycles. The third-order valence-electron chi connectivity index (χ3n) is 7.78. The second kappa shape index (κ2) is 49.2. The van der Waals surface area contributed by atoms with Gasteiger partial charge >= 0.3 is 0 Å². The van der Waals surface area contributed by atoms with Gasteiger partial charge in [0.25, 0.3) is 0 Å². The topological polar surface area (TPSA) is 72.2 Å². The summed E-state index contributed by atoms with van der Waals surface area (Å²) in [5.74, 6) is -0.175. The first-order valence-electron chi connectivity index (χ1n) is 19.4. The van der Waals surface area contributed by atoms with Crippen LogP contribution in [0.15, 0.2) is 36.5 Å². The smallest absolute Gasteiger partial charge is 0.217 e. The Bertz CT molecular complexity index is 621. The molecule has 0 bridgehead atoms. The van der Waals surface area contributed by atoms with Crippen LogP contribution in [0, 0.1) is 0 Å². The van der Waals surface area contributed by atoms with E-state index >= 15 is 0 Å². The van der Waals surface area contributed by atoms with E-state index in [-0.39, 0.29) is 5.91 Å². The standard InChI is InChI=1S/C18H31NO.C16H32O.C7H17N/c1-2-3-4-5-6-7-8-9-10-11-12-13-14-15-16-17-18(19)20;1-2-3-4-5-6-7-8-9-10-11-12-13-14-15-16-17;1-3-4-5-6-7-8-2/h3-4,6-7,9-10H,2,5,8,11-17H2,1H3,(H2,19,20);16H,2-15H2,1H3;8H,3-7H2,1-2H3/b4-3-,7-6-,10-9-;;. The van der Waals surface area contributed by atoms with E-state index in [0.717, 1.165) is 51.2 Å². The van der Waals surface area contributed by atoms with Crippen molar-refractivity contribution in [3.8, 4) is 0 Å². The summed E-state index contributed by atoms with van der Waals surface area (Å²) in [5, 5.41) is 3.13. The molecule has 0 spiro atoms. The van der Waals surface area contributed by atoms with Gasteiger partial charge in [-0.2, -0.15) is 0 Å². The Hall–Kier alpha value is -1.68. The SMILES string of the molecule is CC/C=C\C/C=C\C/C=C\CCCCCCCC(N)=O.CCCCCCCCCCCCCCCC=O.CCCCCCNC. The summed E-state index contributed by atoms with van der Waals surface area (Å²) in [7, 11) is 2.01. The van der Waals surface area contributed by atoms with E-state index in [9.17, 15) is 9.59 Å². The van der Waals surface area contributed by atoms with Gasteiger partial charge in [0.15, 0.2) is 0 Å². The number of rotatable bonds is 32. The Morgan fingerprint density at radius 3 is 1.36 bits per heavy atom. The first-order valence-corrected chi connectivity index (χ1v) is 19.4. The highest BCUT2D eigenvalue weighted by molar-refractivity contribution is 5.73. The maximum atomic E-state index is 10.5. The van der Waals surface area contributed by atoms with Crippen molar-refractivity contribution in [1.29, 1.82) is 0 Å². The number of carbonyl (C=O) groups excluding carboxylic acids is 2. The van der Waals surface area contributed by atoms with Gasteiger partial charge in [-0.3, -0.25) is 4.79 Å². The van der Waals surface area contributed by atoms with Crippen molar-refractivity contribution in [3.05, 3.63) is 36.5 Å². The number of nitrogens with one attached hydrogen (secondary N) is 1. The molecule has 0 saturated carbocycles. The van der Waals surface area contributed by atoms with Crippen molar-refractivity contribution >= 4 is 12.2 Å². The van der Waals surface area contributed by atoms with Gasteiger partial charge in [-0.25, -0.2) is 0 Å². The van der Waals surface area contributed by atoms with Gasteiger partial charge in [-0.1, -0.05) is 173 Å². The van der Waals surface area contributed by atoms with Crippen LogP contribution < -0.4 is 11.1 Å². The van der Waals surface area contributed by atoms with Crippen molar-refractivity contribution in [3.63, 3.8) is 0 Å². The molecule has 3 N–H and O–H groups in total. The Morgan fingerprint density at radius 2 is 0.911 bits per heavy atom. The normalized spacial score (nSPS) is 11.1. The molecule has 1 amide bonds. The van der Waals surface area contributed by atoms with Gasteiger partial charge in [-0.15, -0.1) is 0 Å². The molecule has 0 rings (SSSR count). The third-order valence-corrected chi connectivity index (χ3v) is 7.78. The van der Waals surface area contributed by atoms with Crippen LogP contribution in [0.5, 0.6) is 0 Å². The van der Waals surface area contributed by atoms with Crippen molar-refractivity contribution in [1.82, 2.24) is 5.32 Å². The van der Waals surface area contributed by atoms with E-state index in [1.165, 1.54) is 135 Å². The molecule has 0 radical (unpaired) electrons. The molecule has 266 valence electrons. The summed E-state index contributed by atoms with van der Waals surface area (Å²) in [6, 6.07) is 0. The van der Waals surface area contributed by atoms with Crippen molar-refractivity contribution in [2.75, 3.05) is 13.6 Å². The van der Waals surface area contributed by atoms with Crippen molar-refractivity contribution in [2.45, 2.75) is 201 Å². The van der Waals surface area contributed by atoms with E-state index < -0.39 is 0 Å². The van der Waals surface area contributed by atoms with Gasteiger partial charge in [0, 0.05) is 12.8 Å². The quantitative estimate of drug-likeness (QED) is 0.0440. The molecule has 0 aromatic heterocycles. The molecule has 0 atom stereocenters. The van der Waals surface area contributed by atoms with Crippen LogP contribution in [0.4, 0.5) is 0 Å². The number of aldehydes is 1. The van der Waals surface area contributed by atoms with Crippen molar-refractivity contribution in [2.24, 2.45) is 5.73 Å². The molecule has 0 aliphatic carbocycles. The van der Waals surface area contributed by atoms with Crippen LogP contribution in [-0.4, -0.2) is 25.8 Å². The van der Waals surface area contributed by atoms with E-state index in [1.807, 2.05) is 7.05 Å². The molecule has 0 aliphatic heterocycles. The highest BCUT2D eigenvalue weighted by Crippen LogP contribution is 2.12. The molecule has 0 fully saturated rings. The summed E-state index contributed by atoms with van der Waals surface area (Å²) in [4.78, 5) is 20.6. The van der Waals surface area contributed by atoms with E-state index in [4.69, 9.17) is 5.73 Å². The van der Waals surface area contributed by atoms with Crippen LogP contribution in [-0.2, 0) is 9.59 Å².